The summed E-state index contributed by atoms with van der Waals surface area (Å²) in [5.74, 6) is 0. The summed E-state index contributed by atoms with van der Waals surface area (Å²) < 4.78 is 0. The third kappa shape index (κ3) is 3.69. The van der Waals surface area contributed by atoms with Crippen molar-refractivity contribution < 1.29 is 0 Å². The maximum absolute atomic E-state index is 6.10. The zero-order chi connectivity index (χ0) is 15.2. The molecular weight excluding hydrogens is 258 g/mol. The smallest absolute Gasteiger partial charge is 0.0476 e. The van der Waals surface area contributed by atoms with Gasteiger partial charge in [-0.25, -0.2) is 0 Å². The largest absolute Gasteiger partial charge is 0.329 e. The van der Waals surface area contributed by atoms with Crippen LogP contribution in [0.3, 0.4) is 0 Å². The Morgan fingerprint density at radius 3 is 2.48 bits per heavy atom. The van der Waals surface area contributed by atoms with Gasteiger partial charge in [0.1, 0.15) is 0 Å². The van der Waals surface area contributed by atoms with E-state index in [1.54, 1.807) is 0 Å². The maximum atomic E-state index is 6.10. The number of benzene rings is 1. The Morgan fingerprint density at radius 2 is 1.86 bits per heavy atom. The quantitative estimate of drug-likeness (QED) is 0.885. The first kappa shape index (κ1) is 15.7. The van der Waals surface area contributed by atoms with Crippen LogP contribution >= 0.6 is 0 Å². The van der Waals surface area contributed by atoms with Gasteiger partial charge in [0, 0.05) is 31.5 Å². The van der Waals surface area contributed by atoms with E-state index in [4.69, 9.17) is 5.73 Å². The number of nitrogens with two attached hydrogens (primary N) is 1. The molecule has 0 aliphatic heterocycles. The van der Waals surface area contributed by atoms with Gasteiger partial charge in [0.25, 0.3) is 0 Å². The summed E-state index contributed by atoms with van der Waals surface area (Å²) in [5.41, 5.74) is 11.4. The molecule has 2 aromatic rings. The molecule has 2 rings (SSSR count). The van der Waals surface area contributed by atoms with E-state index >= 15 is 0 Å². The summed E-state index contributed by atoms with van der Waals surface area (Å²) in [6.45, 7) is 9.03. The minimum absolute atomic E-state index is 0.253. The van der Waals surface area contributed by atoms with Crippen LogP contribution in [0, 0.1) is 13.8 Å². The van der Waals surface area contributed by atoms with Crippen molar-refractivity contribution in [1.82, 2.24) is 9.88 Å². The van der Waals surface area contributed by atoms with Gasteiger partial charge in [-0.1, -0.05) is 25.1 Å². The molecule has 1 heterocycles. The van der Waals surface area contributed by atoms with Gasteiger partial charge in [0.05, 0.1) is 0 Å². The van der Waals surface area contributed by atoms with Crippen molar-refractivity contribution in [2.45, 2.75) is 33.4 Å². The molecule has 1 aromatic carbocycles. The maximum Gasteiger partial charge on any atom is 0.0476 e. The summed E-state index contributed by atoms with van der Waals surface area (Å²) in [6, 6.07) is 10.9. The predicted molar refractivity (Wildman–Crippen MR) is 88.0 cm³/mol. The zero-order valence-electron chi connectivity index (χ0n) is 13.2. The molecule has 1 aromatic heterocycles. The number of likely N-dealkylation sites (N-methyl/N-ethyl adjacent to an activating group) is 1. The first-order chi connectivity index (χ1) is 10.2. The Labute approximate surface area is 127 Å². The first-order valence-electron chi connectivity index (χ1n) is 7.56. The Kier molecular flexibility index (Phi) is 5.48. The van der Waals surface area contributed by atoms with Gasteiger partial charge in [0.2, 0.25) is 0 Å². The van der Waals surface area contributed by atoms with Gasteiger partial charge >= 0.3 is 0 Å². The van der Waals surface area contributed by atoms with Crippen molar-refractivity contribution in [2.75, 3.05) is 13.1 Å². The van der Waals surface area contributed by atoms with Crippen LogP contribution in [-0.2, 0) is 6.54 Å². The highest BCUT2D eigenvalue weighted by Gasteiger charge is 2.20. The number of hydrogen-bond acceptors (Lipinski definition) is 3. The zero-order valence-corrected chi connectivity index (χ0v) is 13.2. The molecule has 1 unspecified atom stereocenters. The van der Waals surface area contributed by atoms with E-state index < -0.39 is 0 Å². The fraction of sp³-hybridized carbons (Fsp3) is 0.389. The molecule has 0 saturated heterocycles. The van der Waals surface area contributed by atoms with E-state index in [1.807, 2.05) is 12.4 Å². The highest BCUT2D eigenvalue weighted by Crippen LogP contribution is 2.26. The molecule has 0 spiro atoms. The number of pyridine rings is 1. The van der Waals surface area contributed by atoms with Crippen molar-refractivity contribution in [3.63, 3.8) is 0 Å². The standard InChI is InChI=1S/C18H25N3/c1-4-21(13-16-8-10-20-11-9-16)18(12-19)17-7-5-6-14(2)15(17)3/h5-11,18H,4,12-13,19H2,1-3H3. The lowest BCUT2D eigenvalue weighted by Gasteiger charge is -2.31. The Hall–Kier alpha value is -1.71. The second-order valence-corrected chi connectivity index (χ2v) is 5.46. The molecule has 3 heteroatoms. The molecule has 0 radical (unpaired) electrons. The fourth-order valence-electron chi connectivity index (χ4n) is 2.77. The second kappa shape index (κ2) is 7.34. The van der Waals surface area contributed by atoms with Crippen LogP contribution in [0.4, 0.5) is 0 Å². The van der Waals surface area contributed by atoms with Gasteiger partial charge in [-0.3, -0.25) is 9.88 Å². The Bertz CT molecular complexity index is 566. The normalized spacial score (nSPS) is 12.6. The van der Waals surface area contributed by atoms with E-state index in [-0.39, 0.29) is 6.04 Å². The lowest BCUT2D eigenvalue weighted by atomic mass is 9.96. The molecule has 21 heavy (non-hydrogen) atoms. The first-order valence-corrected chi connectivity index (χ1v) is 7.56. The monoisotopic (exact) mass is 283 g/mol. The van der Waals surface area contributed by atoms with Gasteiger partial charge in [-0.05, 0) is 54.8 Å². The van der Waals surface area contributed by atoms with Crippen LogP contribution in [0.25, 0.3) is 0 Å². The summed E-state index contributed by atoms with van der Waals surface area (Å²) in [6.07, 6.45) is 3.69. The minimum Gasteiger partial charge on any atom is -0.329 e. The van der Waals surface area contributed by atoms with E-state index in [0.717, 1.165) is 13.1 Å². The van der Waals surface area contributed by atoms with Crippen molar-refractivity contribution in [2.24, 2.45) is 5.73 Å². The molecule has 3 nitrogen and oxygen atoms in total. The SMILES string of the molecule is CCN(Cc1ccncc1)C(CN)c1cccc(C)c1C. The number of aromatic nitrogens is 1. The topological polar surface area (TPSA) is 42.2 Å². The molecule has 2 N–H and O–H groups in total. The molecule has 112 valence electrons. The molecule has 1 atom stereocenters. The van der Waals surface area contributed by atoms with Crippen molar-refractivity contribution >= 4 is 0 Å². The Morgan fingerprint density at radius 1 is 1.14 bits per heavy atom. The van der Waals surface area contributed by atoms with Gasteiger partial charge in [-0.2, -0.15) is 0 Å². The van der Waals surface area contributed by atoms with Crippen LogP contribution in [0.2, 0.25) is 0 Å². The third-order valence-electron chi connectivity index (χ3n) is 4.21. The molecule has 0 aliphatic rings. The third-order valence-corrected chi connectivity index (χ3v) is 4.21. The second-order valence-electron chi connectivity index (χ2n) is 5.46. The molecule has 0 saturated carbocycles. The molecule has 0 amide bonds. The minimum atomic E-state index is 0.253. The molecule has 0 fully saturated rings. The molecule has 0 bridgehead atoms. The number of hydrogen-bond donors (Lipinski definition) is 1. The van der Waals surface area contributed by atoms with Crippen molar-refractivity contribution in [3.8, 4) is 0 Å². The van der Waals surface area contributed by atoms with Gasteiger partial charge in [0.15, 0.2) is 0 Å². The summed E-state index contributed by atoms with van der Waals surface area (Å²) in [4.78, 5) is 6.51. The summed E-state index contributed by atoms with van der Waals surface area (Å²) in [7, 11) is 0. The highest BCUT2D eigenvalue weighted by atomic mass is 15.2. The van der Waals surface area contributed by atoms with Crippen LogP contribution < -0.4 is 5.73 Å². The lowest BCUT2D eigenvalue weighted by molar-refractivity contribution is 0.203. The Balaban J connectivity index is 2.27. The van der Waals surface area contributed by atoms with E-state index in [0.29, 0.717) is 6.54 Å². The predicted octanol–water partition coefficient (Wildman–Crippen LogP) is 3.22. The van der Waals surface area contributed by atoms with Crippen LogP contribution in [-0.4, -0.2) is 23.0 Å². The molecular formula is C18H25N3. The van der Waals surface area contributed by atoms with Gasteiger partial charge in [-0.15, -0.1) is 0 Å². The average Bonchev–Trinajstić information content (AvgIpc) is 2.52. The van der Waals surface area contributed by atoms with Crippen molar-refractivity contribution in [3.05, 3.63) is 65.0 Å². The van der Waals surface area contributed by atoms with E-state index in [9.17, 15) is 0 Å². The fourth-order valence-corrected chi connectivity index (χ4v) is 2.77. The number of nitrogens with zero attached hydrogens (tertiary/aromatic N) is 2. The lowest BCUT2D eigenvalue weighted by Crippen LogP contribution is -2.33. The van der Waals surface area contributed by atoms with Crippen LogP contribution in [0.5, 0.6) is 0 Å². The number of aryl methyl sites for hydroxylation is 1. The van der Waals surface area contributed by atoms with E-state index in [1.165, 1.54) is 22.3 Å². The van der Waals surface area contributed by atoms with E-state index in [2.05, 4.69) is 61.0 Å². The van der Waals surface area contributed by atoms with Crippen molar-refractivity contribution in [1.29, 1.82) is 0 Å². The average molecular weight is 283 g/mol. The number of rotatable bonds is 6. The molecule has 0 aliphatic carbocycles. The van der Waals surface area contributed by atoms with Crippen LogP contribution in [0.15, 0.2) is 42.7 Å². The van der Waals surface area contributed by atoms with Gasteiger partial charge < -0.3 is 5.73 Å². The summed E-state index contributed by atoms with van der Waals surface area (Å²) >= 11 is 0. The highest BCUT2D eigenvalue weighted by molar-refractivity contribution is 5.35. The van der Waals surface area contributed by atoms with Crippen LogP contribution in [0.1, 0.15) is 35.2 Å². The summed E-state index contributed by atoms with van der Waals surface area (Å²) in [5, 5.41) is 0.